The Morgan fingerprint density at radius 1 is 1.00 bits per heavy atom. The molecule has 3 aromatic rings. The summed E-state index contributed by atoms with van der Waals surface area (Å²) >= 11 is 11.9. The molecule has 0 bridgehead atoms. The first-order chi connectivity index (χ1) is 9.56. The van der Waals surface area contributed by atoms with Crippen molar-refractivity contribution in [1.29, 1.82) is 0 Å². The van der Waals surface area contributed by atoms with Crippen molar-refractivity contribution in [1.82, 2.24) is 0 Å². The van der Waals surface area contributed by atoms with Crippen LogP contribution in [0.1, 0.15) is 0 Å². The van der Waals surface area contributed by atoms with Gasteiger partial charge in [0.2, 0.25) is 0 Å². The van der Waals surface area contributed by atoms with Crippen LogP contribution in [-0.4, -0.2) is 0 Å². The summed E-state index contributed by atoms with van der Waals surface area (Å²) in [6.45, 7) is 0. The zero-order chi connectivity index (χ0) is 14.3. The molecule has 2 N–H and O–H groups in total. The van der Waals surface area contributed by atoms with Crippen molar-refractivity contribution >= 4 is 39.9 Å². The van der Waals surface area contributed by atoms with Gasteiger partial charge in [0.15, 0.2) is 11.0 Å². The van der Waals surface area contributed by atoms with Gasteiger partial charge >= 0.3 is 0 Å². The molecule has 0 aliphatic carbocycles. The van der Waals surface area contributed by atoms with Gasteiger partial charge in [0, 0.05) is 11.6 Å². The highest BCUT2D eigenvalue weighted by atomic mass is 35.5. The number of benzene rings is 2. The van der Waals surface area contributed by atoms with Crippen molar-refractivity contribution in [2.24, 2.45) is 0 Å². The lowest BCUT2D eigenvalue weighted by Crippen LogP contribution is -2.00. The van der Waals surface area contributed by atoms with Crippen LogP contribution in [0.3, 0.4) is 0 Å². The Kier molecular flexibility index (Phi) is 3.16. The third-order valence-corrected chi connectivity index (χ3v) is 3.63. The summed E-state index contributed by atoms with van der Waals surface area (Å²) in [6.07, 6.45) is 0. The molecular weight excluding hydrogens is 297 g/mol. The first-order valence-electron chi connectivity index (χ1n) is 5.84. The number of para-hydroxylation sites is 1. The van der Waals surface area contributed by atoms with E-state index in [9.17, 15) is 4.79 Å². The Morgan fingerprint density at radius 3 is 2.55 bits per heavy atom. The van der Waals surface area contributed by atoms with Gasteiger partial charge in [-0.3, -0.25) is 4.79 Å². The van der Waals surface area contributed by atoms with E-state index in [1.807, 2.05) is 0 Å². The van der Waals surface area contributed by atoms with E-state index in [-0.39, 0.29) is 5.43 Å². The van der Waals surface area contributed by atoms with E-state index in [4.69, 9.17) is 33.4 Å². The van der Waals surface area contributed by atoms with Crippen molar-refractivity contribution in [2.75, 3.05) is 5.73 Å². The molecule has 0 fully saturated rings. The standard InChI is InChI=1S/C15H9Cl2NO2/c16-10-5-4-8(6-12(10)18)14-7-13(19)9-2-1-3-11(17)15(9)20-14/h1-7H,18H2. The Balaban J connectivity index is 2.29. The molecular formula is C15H9Cl2NO2. The minimum atomic E-state index is -0.155. The molecule has 3 nitrogen and oxygen atoms in total. The smallest absolute Gasteiger partial charge is 0.193 e. The van der Waals surface area contributed by atoms with Gasteiger partial charge in [0.25, 0.3) is 0 Å². The summed E-state index contributed by atoms with van der Waals surface area (Å²) in [7, 11) is 0. The van der Waals surface area contributed by atoms with E-state index < -0.39 is 0 Å². The second-order valence-electron chi connectivity index (χ2n) is 4.33. The maximum absolute atomic E-state index is 12.1. The summed E-state index contributed by atoms with van der Waals surface area (Å²) in [4.78, 5) is 12.1. The van der Waals surface area contributed by atoms with Crippen LogP contribution in [0, 0.1) is 0 Å². The van der Waals surface area contributed by atoms with Crippen molar-refractivity contribution in [3.8, 4) is 11.3 Å². The van der Waals surface area contributed by atoms with Gasteiger partial charge in [-0.25, -0.2) is 0 Å². The van der Waals surface area contributed by atoms with Gasteiger partial charge in [-0.05, 0) is 30.3 Å². The van der Waals surface area contributed by atoms with Crippen molar-refractivity contribution in [3.05, 3.63) is 62.7 Å². The Labute approximate surface area is 124 Å². The SMILES string of the molecule is Nc1cc(-c2cc(=O)c3cccc(Cl)c3o2)ccc1Cl. The second-order valence-corrected chi connectivity index (χ2v) is 5.14. The number of anilines is 1. The van der Waals surface area contributed by atoms with Crippen LogP contribution in [0.25, 0.3) is 22.3 Å². The zero-order valence-electron chi connectivity index (χ0n) is 10.2. The summed E-state index contributed by atoms with van der Waals surface area (Å²) in [5, 5.41) is 1.29. The molecule has 0 spiro atoms. The minimum absolute atomic E-state index is 0.155. The normalized spacial score (nSPS) is 10.9. The van der Waals surface area contributed by atoms with Crippen molar-refractivity contribution in [2.45, 2.75) is 0 Å². The number of fused-ring (bicyclic) bond motifs is 1. The number of hydrogen-bond donors (Lipinski definition) is 1. The van der Waals surface area contributed by atoms with Crippen LogP contribution in [0.5, 0.6) is 0 Å². The van der Waals surface area contributed by atoms with E-state index >= 15 is 0 Å². The predicted octanol–water partition coefficient (Wildman–Crippen LogP) is 4.35. The molecule has 20 heavy (non-hydrogen) atoms. The highest BCUT2D eigenvalue weighted by molar-refractivity contribution is 6.34. The fraction of sp³-hybridized carbons (Fsp3) is 0. The van der Waals surface area contributed by atoms with Crippen LogP contribution >= 0.6 is 23.2 Å². The molecule has 100 valence electrons. The zero-order valence-corrected chi connectivity index (χ0v) is 11.7. The average molecular weight is 306 g/mol. The van der Waals surface area contributed by atoms with Gasteiger partial charge in [0.05, 0.1) is 21.1 Å². The Bertz CT molecular complexity index is 871. The number of nitrogen functional groups attached to an aromatic ring is 1. The summed E-state index contributed by atoms with van der Waals surface area (Å²) in [5.41, 5.74) is 7.07. The molecule has 0 amide bonds. The fourth-order valence-corrected chi connectivity index (χ4v) is 2.31. The lowest BCUT2D eigenvalue weighted by Gasteiger charge is -2.06. The highest BCUT2D eigenvalue weighted by Crippen LogP contribution is 2.29. The molecule has 3 rings (SSSR count). The van der Waals surface area contributed by atoms with Crippen LogP contribution < -0.4 is 11.2 Å². The van der Waals surface area contributed by atoms with Gasteiger partial charge in [-0.2, -0.15) is 0 Å². The first kappa shape index (κ1) is 13.0. The quantitative estimate of drug-likeness (QED) is 0.680. The Hall–Kier alpha value is -1.97. The highest BCUT2D eigenvalue weighted by Gasteiger charge is 2.10. The average Bonchev–Trinajstić information content (AvgIpc) is 2.43. The molecule has 0 aliphatic rings. The van der Waals surface area contributed by atoms with E-state index in [1.165, 1.54) is 6.07 Å². The lowest BCUT2D eigenvalue weighted by atomic mass is 10.1. The largest absolute Gasteiger partial charge is 0.454 e. The fourth-order valence-electron chi connectivity index (χ4n) is 1.98. The third kappa shape index (κ3) is 2.15. The summed E-state index contributed by atoms with van der Waals surface area (Å²) in [5.74, 6) is 0.402. The molecule has 0 saturated carbocycles. The van der Waals surface area contributed by atoms with Crippen molar-refractivity contribution in [3.63, 3.8) is 0 Å². The number of hydrogen-bond acceptors (Lipinski definition) is 3. The topological polar surface area (TPSA) is 56.2 Å². The molecule has 1 heterocycles. The van der Waals surface area contributed by atoms with E-state index in [1.54, 1.807) is 36.4 Å². The van der Waals surface area contributed by atoms with Crippen LogP contribution in [0.15, 0.2) is 51.7 Å². The predicted molar refractivity (Wildman–Crippen MR) is 82.4 cm³/mol. The van der Waals surface area contributed by atoms with Gasteiger partial charge in [-0.1, -0.05) is 29.3 Å². The van der Waals surface area contributed by atoms with Gasteiger partial charge in [-0.15, -0.1) is 0 Å². The summed E-state index contributed by atoms with van der Waals surface area (Å²) < 4.78 is 5.72. The summed E-state index contributed by atoms with van der Waals surface area (Å²) in [6, 6.07) is 11.5. The van der Waals surface area contributed by atoms with E-state index in [0.717, 1.165) is 0 Å². The minimum Gasteiger partial charge on any atom is -0.454 e. The van der Waals surface area contributed by atoms with Crippen LogP contribution in [0.4, 0.5) is 5.69 Å². The number of nitrogens with two attached hydrogens (primary N) is 1. The maximum atomic E-state index is 12.1. The van der Waals surface area contributed by atoms with Crippen LogP contribution in [-0.2, 0) is 0 Å². The molecule has 5 heteroatoms. The van der Waals surface area contributed by atoms with Gasteiger partial charge in [0.1, 0.15) is 5.76 Å². The number of halogens is 2. The monoisotopic (exact) mass is 305 g/mol. The third-order valence-electron chi connectivity index (χ3n) is 2.99. The van der Waals surface area contributed by atoms with E-state index in [2.05, 4.69) is 0 Å². The van der Waals surface area contributed by atoms with Crippen LogP contribution in [0.2, 0.25) is 10.0 Å². The maximum Gasteiger partial charge on any atom is 0.193 e. The molecule has 0 saturated heterocycles. The lowest BCUT2D eigenvalue weighted by molar-refractivity contribution is 0.619. The second kappa shape index (κ2) is 4.85. The molecule has 0 radical (unpaired) electrons. The van der Waals surface area contributed by atoms with Crippen molar-refractivity contribution < 1.29 is 4.42 Å². The Morgan fingerprint density at radius 2 is 1.80 bits per heavy atom. The van der Waals surface area contributed by atoms with Gasteiger partial charge < -0.3 is 10.2 Å². The molecule has 2 aromatic carbocycles. The number of rotatable bonds is 1. The molecule has 0 aliphatic heterocycles. The first-order valence-corrected chi connectivity index (χ1v) is 6.59. The molecule has 0 unspecified atom stereocenters. The molecule has 1 aromatic heterocycles. The molecule has 0 atom stereocenters. The van der Waals surface area contributed by atoms with E-state index in [0.29, 0.717) is 38.0 Å².